The molecule has 4 heteroatoms. The van der Waals surface area contributed by atoms with E-state index in [1.54, 1.807) is 0 Å². The molecule has 1 rings (SSSR count). The second-order valence-electron chi connectivity index (χ2n) is 4.54. The molecule has 0 fully saturated rings. The summed E-state index contributed by atoms with van der Waals surface area (Å²) >= 11 is 5.92. The smallest absolute Gasteiger partial charge is 0.105 e. The maximum Gasteiger partial charge on any atom is 0.105 e. The summed E-state index contributed by atoms with van der Waals surface area (Å²) in [6.45, 7) is 8.27. The first kappa shape index (κ1) is 12.5. The number of nitrogens with zero attached hydrogens (tertiary/aromatic N) is 3. The minimum absolute atomic E-state index is 0.0516. The van der Waals surface area contributed by atoms with Gasteiger partial charge in [-0.05, 0) is 27.8 Å². The van der Waals surface area contributed by atoms with E-state index in [4.69, 9.17) is 11.6 Å². The van der Waals surface area contributed by atoms with Crippen LogP contribution >= 0.6 is 11.6 Å². The highest BCUT2D eigenvalue weighted by Gasteiger charge is 2.21. The van der Waals surface area contributed by atoms with Gasteiger partial charge in [0, 0.05) is 36.9 Å². The normalized spacial score (nSPS) is 12.4. The Morgan fingerprint density at radius 3 is 2.67 bits per heavy atom. The molecule has 1 aromatic rings. The van der Waals surface area contributed by atoms with Crippen molar-refractivity contribution in [1.29, 1.82) is 0 Å². The van der Waals surface area contributed by atoms with Crippen LogP contribution in [0, 0.1) is 6.92 Å². The number of hydrogen-bond donors (Lipinski definition) is 0. The molecule has 0 bridgehead atoms. The van der Waals surface area contributed by atoms with Crippen molar-refractivity contribution in [3.63, 3.8) is 0 Å². The molecule has 0 N–H and O–H groups in total. The van der Waals surface area contributed by atoms with Gasteiger partial charge in [-0.25, -0.2) is 4.98 Å². The Morgan fingerprint density at radius 1 is 1.53 bits per heavy atom. The predicted octanol–water partition coefficient (Wildman–Crippen LogP) is 2.14. The van der Waals surface area contributed by atoms with Gasteiger partial charge in [-0.1, -0.05) is 0 Å². The van der Waals surface area contributed by atoms with Gasteiger partial charge in [0.1, 0.15) is 5.82 Å². The van der Waals surface area contributed by atoms with Crippen molar-refractivity contribution in [3.05, 3.63) is 18.2 Å². The molecule has 0 spiro atoms. The molecule has 0 unspecified atom stereocenters. The summed E-state index contributed by atoms with van der Waals surface area (Å²) in [5, 5.41) is 0. The van der Waals surface area contributed by atoms with Gasteiger partial charge in [-0.2, -0.15) is 0 Å². The molecule has 86 valence electrons. The van der Waals surface area contributed by atoms with Gasteiger partial charge in [0.25, 0.3) is 0 Å². The molecule has 1 heterocycles. The third-order valence-corrected chi connectivity index (χ3v) is 3.61. The van der Waals surface area contributed by atoms with E-state index in [9.17, 15) is 0 Å². The van der Waals surface area contributed by atoms with Gasteiger partial charge in [0.05, 0.1) is 0 Å². The zero-order chi connectivity index (χ0) is 11.5. The molecule has 0 radical (unpaired) electrons. The molecule has 0 aliphatic heterocycles. The highest BCUT2D eigenvalue weighted by atomic mass is 35.5. The lowest BCUT2D eigenvalue weighted by Gasteiger charge is -2.33. The van der Waals surface area contributed by atoms with Crippen molar-refractivity contribution in [1.82, 2.24) is 14.5 Å². The van der Waals surface area contributed by atoms with Gasteiger partial charge in [0.15, 0.2) is 0 Å². The standard InChI is InChI=1S/C11H20ClN3/c1-10-13-5-6-15(10)8-7-14(4)11(2,3)9-12/h5-6H,7-9H2,1-4H3. The first-order valence-corrected chi connectivity index (χ1v) is 5.76. The van der Waals surface area contributed by atoms with E-state index in [0.717, 1.165) is 18.9 Å². The molecule has 15 heavy (non-hydrogen) atoms. The average Bonchev–Trinajstić information content (AvgIpc) is 2.60. The number of likely N-dealkylation sites (N-methyl/N-ethyl adjacent to an activating group) is 1. The Kier molecular flexibility index (Phi) is 4.17. The molecule has 0 amide bonds. The van der Waals surface area contributed by atoms with Gasteiger partial charge in [-0.15, -0.1) is 11.6 Å². The fraction of sp³-hybridized carbons (Fsp3) is 0.727. The Morgan fingerprint density at radius 2 is 2.20 bits per heavy atom. The molecule has 1 aromatic heterocycles. The Balaban J connectivity index is 2.48. The van der Waals surface area contributed by atoms with E-state index >= 15 is 0 Å². The fourth-order valence-corrected chi connectivity index (χ4v) is 1.51. The maximum atomic E-state index is 5.92. The lowest BCUT2D eigenvalue weighted by atomic mass is 10.1. The van der Waals surface area contributed by atoms with Crippen LogP contribution in [-0.2, 0) is 6.54 Å². The monoisotopic (exact) mass is 229 g/mol. The summed E-state index contributed by atoms with van der Waals surface area (Å²) in [7, 11) is 2.11. The zero-order valence-corrected chi connectivity index (χ0v) is 10.8. The molecular weight excluding hydrogens is 210 g/mol. The summed E-state index contributed by atoms with van der Waals surface area (Å²) in [6.07, 6.45) is 3.85. The number of alkyl halides is 1. The van der Waals surface area contributed by atoms with Crippen LogP contribution in [0.4, 0.5) is 0 Å². The number of hydrogen-bond acceptors (Lipinski definition) is 2. The number of aryl methyl sites for hydroxylation is 1. The molecular formula is C11H20ClN3. The lowest BCUT2D eigenvalue weighted by molar-refractivity contribution is 0.172. The van der Waals surface area contributed by atoms with Crippen LogP contribution in [0.5, 0.6) is 0 Å². The highest BCUT2D eigenvalue weighted by molar-refractivity contribution is 6.18. The molecule has 0 aliphatic rings. The number of imidazole rings is 1. The van der Waals surface area contributed by atoms with Crippen LogP contribution in [0.25, 0.3) is 0 Å². The lowest BCUT2D eigenvalue weighted by Crippen LogP contribution is -2.44. The average molecular weight is 230 g/mol. The summed E-state index contributed by atoms with van der Waals surface area (Å²) in [4.78, 5) is 6.47. The fourth-order valence-electron chi connectivity index (χ4n) is 1.30. The van der Waals surface area contributed by atoms with Gasteiger partial charge < -0.3 is 4.57 Å². The van der Waals surface area contributed by atoms with E-state index < -0.39 is 0 Å². The Hall–Kier alpha value is -0.540. The van der Waals surface area contributed by atoms with E-state index in [1.807, 2.05) is 19.3 Å². The predicted molar refractivity (Wildman–Crippen MR) is 64.4 cm³/mol. The van der Waals surface area contributed by atoms with Crippen molar-refractivity contribution in [2.24, 2.45) is 0 Å². The van der Waals surface area contributed by atoms with Crippen LogP contribution in [0.2, 0.25) is 0 Å². The molecule has 0 aromatic carbocycles. The maximum absolute atomic E-state index is 5.92. The second-order valence-corrected chi connectivity index (χ2v) is 4.80. The zero-order valence-electron chi connectivity index (χ0n) is 10.00. The van der Waals surface area contributed by atoms with Crippen molar-refractivity contribution in [2.45, 2.75) is 32.9 Å². The third kappa shape index (κ3) is 3.21. The van der Waals surface area contributed by atoms with Crippen molar-refractivity contribution in [3.8, 4) is 0 Å². The minimum Gasteiger partial charge on any atom is -0.334 e. The number of aromatic nitrogens is 2. The summed E-state index contributed by atoms with van der Waals surface area (Å²) in [5.41, 5.74) is 0.0516. The minimum atomic E-state index is 0.0516. The second kappa shape index (κ2) is 4.99. The first-order chi connectivity index (χ1) is 6.97. The van der Waals surface area contributed by atoms with E-state index in [-0.39, 0.29) is 5.54 Å². The summed E-state index contributed by atoms with van der Waals surface area (Å²) in [6, 6.07) is 0. The third-order valence-electron chi connectivity index (χ3n) is 2.96. The van der Waals surface area contributed by atoms with Crippen LogP contribution in [0.15, 0.2) is 12.4 Å². The number of rotatable bonds is 5. The Bertz CT molecular complexity index is 307. The van der Waals surface area contributed by atoms with Crippen LogP contribution in [0.3, 0.4) is 0 Å². The molecule has 0 saturated heterocycles. The largest absolute Gasteiger partial charge is 0.334 e. The van der Waals surface area contributed by atoms with Crippen LogP contribution < -0.4 is 0 Å². The molecule has 0 aliphatic carbocycles. The van der Waals surface area contributed by atoms with Crippen molar-refractivity contribution >= 4 is 11.6 Å². The van der Waals surface area contributed by atoms with E-state index in [1.165, 1.54) is 0 Å². The van der Waals surface area contributed by atoms with E-state index in [2.05, 4.69) is 35.3 Å². The molecule has 0 saturated carbocycles. The number of halogens is 1. The quantitative estimate of drug-likeness (QED) is 0.722. The van der Waals surface area contributed by atoms with Crippen LogP contribution in [-0.4, -0.2) is 39.5 Å². The SMILES string of the molecule is Cc1nccn1CCN(C)C(C)(C)CCl. The summed E-state index contributed by atoms with van der Waals surface area (Å²) < 4.78 is 2.15. The van der Waals surface area contributed by atoms with Gasteiger partial charge in [0.2, 0.25) is 0 Å². The highest BCUT2D eigenvalue weighted by Crippen LogP contribution is 2.13. The molecule has 3 nitrogen and oxygen atoms in total. The van der Waals surface area contributed by atoms with Crippen LogP contribution in [0.1, 0.15) is 19.7 Å². The summed E-state index contributed by atoms with van der Waals surface area (Å²) in [5.74, 6) is 1.71. The van der Waals surface area contributed by atoms with Gasteiger partial charge >= 0.3 is 0 Å². The van der Waals surface area contributed by atoms with Gasteiger partial charge in [-0.3, -0.25) is 4.90 Å². The van der Waals surface area contributed by atoms with Crippen molar-refractivity contribution < 1.29 is 0 Å². The molecule has 0 atom stereocenters. The van der Waals surface area contributed by atoms with Crippen molar-refractivity contribution in [2.75, 3.05) is 19.5 Å². The topological polar surface area (TPSA) is 21.1 Å². The first-order valence-electron chi connectivity index (χ1n) is 5.22. The van der Waals surface area contributed by atoms with E-state index in [0.29, 0.717) is 5.88 Å². The Labute approximate surface area is 97.1 Å².